The number of piperidine rings is 1. The van der Waals surface area contributed by atoms with Gasteiger partial charge in [0.05, 0.1) is 11.5 Å². The molecule has 2 fully saturated rings. The Bertz CT molecular complexity index is 671. The van der Waals surface area contributed by atoms with Crippen molar-refractivity contribution in [1.82, 2.24) is 4.90 Å². The van der Waals surface area contributed by atoms with E-state index in [1.165, 1.54) is 6.07 Å². The standard InChI is InChI=1S/C16H21F2NO3S/c1-12(22-13-2-3-14(17)15(18)8-13)9-19-6-4-16(5-7-19)10-23(20,21)11-16/h2-3,8,12H,4-7,9-11H2,1H3/t12-/m0/s1. The molecule has 2 heterocycles. The molecule has 0 saturated carbocycles. The predicted octanol–water partition coefficient (Wildman–Crippen LogP) is 2.24. The Labute approximate surface area is 135 Å². The Morgan fingerprint density at radius 3 is 2.43 bits per heavy atom. The first-order chi connectivity index (χ1) is 10.8. The van der Waals surface area contributed by atoms with E-state index in [0.29, 0.717) is 23.8 Å². The molecule has 1 spiro atoms. The number of sulfone groups is 1. The highest BCUT2D eigenvalue weighted by atomic mass is 32.2. The van der Waals surface area contributed by atoms with E-state index in [0.717, 1.165) is 38.1 Å². The van der Waals surface area contributed by atoms with E-state index >= 15 is 0 Å². The molecule has 2 aliphatic rings. The van der Waals surface area contributed by atoms with Crippen LogP contribution in [0.1, 0.15) is 19.8 Å². The largest absolute Gasteiger partial charge is 0.489 e. The third-order valence-electron chi connectivity index (χ3n) is 4.71. The first-order valence-corrected chi connectivity index (χ1v) is 9.64. The summed E-state index contributed by atoms with van der Waals surface area (Å²) in [5.41, 5.74) is -0.000482. The van der Waals surface area contributed by atoms with Crippen molar-refractivity contribution in [2.45, 2.75) is 25.9 Å². The molecule has 0 aliphatic carbocycles. The maximum atomic E-state index is 13.2. The maximum Gasteiger partial charge on any atom is 0.162 e. The van der Waals surface area contributed by atoms with Crippen molar-refractivity contribution in [2.24, 2.45) is 5.41 Å². The summed E-state index contributed by atoms with van der Waals surface area (Å²) in [6, 6.07) is 3.52. The molecule has 23 heavy (non-hydrogen) atoms. The van der Waals surface area contributed by atoms with Gasteiger partial charge in [0.1, 0.15) is 11.9 Å². The molecule has 0 aromatic heterocycles. The lowest BCUT2D eigenvalue weighted by Gasteiger charge is -2.47. The zero-order valence-corrected chi connectivity index (χ0v) is 13.9. The molecule has 4 nitrogen and oxygen atoms in total. The molecular formula is C16H21F2NO3S. The Morgan fingerprint density at radius 2 is 1.87 bits per heavy atom. The topological polar surface area (TPSA) is 46.6 Å². The van der Waals surface area contributed by atoms with Crippen LogP contribution in [0.5, 0.6) is 5.75 Å². The van der Waals surface area contributed by atoms with E-state index in [9.17, 15) is 17.2 Å². The minimum absolute atomic E-state index is 0.000482. The molecule has 7 heteroatoms. The molecule has 0 bridgehead atoms. The maximum absolute atomic E-state index is 13.2. The fourth-order valence-corrected chi connectivity index (χ4v) is 5.93. The van der Waals surface area contributed by atoms with Crippen LogP contribution in [0.3, 0.4) is 0 Å². The van der Waals surface area contributed by atoms with Crippen LogP contribution in [-0.2, 0) is 9.84 Å². The third kappa shape index (κ3) is 3.83. The molecule has 2 saturated heterocycles. The molecule has 0 N–H and O–H groups in total. The van der Waals surface area contributed by atoms with E-state index in [1.807, 2.05) is 6.92 Å². The molecule has 1 aromatic rings. The third-order valence-corrected chi connectivity index (χ3v) is 6.82. The number of nitrogens with zero attached hydrogens (tertiary/aromatic N) is 1. The van der Waals surface area contributed by atoms with Crippen molar-refractivity contribution >= 4 is 9.84 Å². The van der Waals surface area contributed by atoms with Crippen molar-refractivity contribution < 1.29 is 21.9 Å². The van der Waals surface area contributed by atoms with Crippen LogP contribution in [-0.4, -0.2) is 50.6 Å². The highest BCUT2D eigenvalue weighted by Gasteiger charge is 2.49. The van der Waals surface area contributed by atoms with Crippen molar-refractivity contribution in [1.29, 1.82) is 0 Å². The fourth-order valence-electron chi connectivity index (χ4n) is 3.57. The van der Waals surface area contributed by atoms with Crippen molar-refractivity contribution in [3.05, 3.63) is 29.8 Å². The summed E-state index contributed by atoms with van der Waals surface area (Å²) < 4.78 is 54.5. The number of ether oxygens (including phenoxy) is 1. The Balaban J connectivity index is 1.48. The van der Waals surface area contributed by atoms with Crippen LogP contribution in [0.2, 0.25) is 0 Å². The normalized spacial score (nSPS) is 24.1. The van der Waals surface area contributed by atoms with Crippen LogP contribution in [0, 0.1) is 17.0 Å². The lowest BCUT2D eigenvalue weighted by atomic mass is 9.81. The quantitative estimate of drug-likeness (QED) is 0.840. The van der Waals surface area contributed by atoms with Crippen molar-refractivity contribution in [2.75, 3.05) is 31.1 Å². The molecule has 0 amide bonds. The van der Waals surface area contributed by atoms with E-state index < -0.39 is 21.5 Å². The molecular weight excluding hydrogens is 324 g/mol. The van der Waals surface area contributed by atoms with Gasteiger partial charge in [-0.05, 0) is 45.0 Å². The molecule has 1 atom stereocenters. The molecule has 3 rings (SSSR count). The average Bonchev–Trinajstić information content (AvgIpc) is 2.43. The molecule has 128 valence electrons. The zero-order valence-electron chi connectivity index (χ0n) is 13.1. The highest BCUT2D eigenvalue weighted by Crippen LogP contribution is 2.42. The van der Waals surface area contributed by atoms with Crippen LogP contribution < -0.4 is 4.74 Å². The predicted molar refractivity (Wildman–Crippen MR) is 83.2 cm³/mol. The van der Waals surface area contributed by atoms with Crippen LogP contribution in [0.15, 0.2) is 18.2 Å². The summed E-state index contributed by atoms with van der Waals surface area (Å²) in [5.74, 6) is -0.832. The Hall–Kier alpha value is -1.21. The number of hydrogen-bond acceptors (Lipinski definition) is 4. The number of rotatable bonds is 4. The van der Waals surface area contributed by atoms with Gasteiger partial charge in [0.15, 0.2) is 21.5 Å². The summed E-state index contributed by atoms with van der Waals surface area (Å²) in [6.07, 6.45) is 1.63. The van der Waals surface area contributed by atoms with Gasteiger partial charge in [0.2, 0.25) is 0 Å². The van der Waals surface area contributed by atoms with E-state index in [1.54, 1.807) is 0 Å². The SMILES string of the molecule is C[C@@H](CN1CCC2(CC1)CS(=O)(=O)C2)Oc1ccc(F)c(F)c1. The lowest BCUT2D eigenvalue weighted by Crippen LogP contribution is -2.55. The second-order valence-electron chi connectivity index (χ2n) is 6.84. The fraction of sp³-hybridized carbons (Fsp3) is 0.625. The van der Waals surface area contributed by atoms with Crippen molar-refractivity contribution in [3.63, 3.8) is 0 Å². The minimum Gasteiger partial charge on any atom is -0.489 e. The van der Waals surface area contributed by atoms with Gasteiger partial charge < -0.3 is 4.74 Å². The smallest absolute Gasteiger partial charge is 0.162 e. The van der Waals surface area contributed by atoms with E-state index in [2.05, 4.69) is 4.90 Å². The van der Waals surface area contributed by atoms with Gasteiger partial charge in [0, 0.05) is 18.0 Å². The van der Waals surface area contributed by atoms with E-state index in [4.69, 9.17) is 4.74 Å². The van der Waals surface area contributed by atoms with Crippen LogP contribution in [0.4, 0.5) is 8.78 Å². The van der Waals surface area contributed by atoms with Gasteiger partial charge in [-0.2, -0.15) is 0 Å². The zero-order chi connectivity index (χ0) is 16.7. The van der Waals surface area contributed by atoms with Gasteiger partial charge in [0.25, 0.3) is 0 Å². The minimum atomic E-state index is -2.79. The van der Waals surface area contributed by atoms with Gasteiger partial charge in [-0.25, -0.2) is 17.2 Å². The molecule has 0 unspecified atom stereocenters. The summed E-state index contributed by atoms with van der Waals surface area (Å²) in [6.45, 7) is 4.27. The molecule has 0 radical (unpaired) electrons. The average molecular weight is 345 g/mol. The summed E-state index contributed by atoms with van der Waals surface area (Å²) in [7, 11) is -2.79. The van der Waals surface area contributed by atoms with Gasteiger partial charge in [-0.1, -0.05) is 0 Å². The first kappa shape index (κ1) is 16.6. The second kappa shape index (κ2) is 6.02. The van der Waals surface area contributed by atoms with Gasteiger partial charge >= 0.3 is 0 Å². The number of hydrogen-bond donors (Lipinski definition) is 0. The second-order valence-corrected chi connectivity index (χ2v) is 8.90. The number of benzene rings is 1. The monoisotopic (exact) mass is 345 g/mol. The summed E-state index contributed by atoms with van der Waals surface area (Å²) in [4.78, 5) is 2.24. The Kier molecular flexibility index (Phi) is 4.35. The van der Waals surface area contributed by atoms with E-state index in [-0.39, 0.29) is 11.5 Å². The van der Waals surface area contributed by atoms with Gasteiger partial charge in [-0.15, -0.1) is 0 Å². The lowest BCUT2D eigenvalue weighted by molar-refractivity contribution is 0.0847. The van der Waals surface area contributed by atoms with Crippen LogP contribution in [0.25, 0.3) is 0 Å². The highest BCUT2D eigenvalue weighted by molar-refractivity contribution is 7.92. The van der Waals surface area contributed by atoms with Crippen molar-refractivity contribution in [3.8, 4) is 5.75 Å². The summed E-state index contributed by atoms with van der Waals surface area (Å²) in [5, 5.41) is 0. The van der Waals surface area contributed by atoms with Crippen LogP contribution >= 0.6 is 0 Å². The first-order valence-electron chi connectivity index (χ1n) is 7.82. The molecule has 2 aliphatic heterocycles. The molecule has 1 aromatic carbocycles. The Morgan fingerprint density at radius 1 is 1.22 bits per heavy atom. The number of halogens is 2. The van der Waals surface area contributed by atoms with Gasteiger partial charge in [-0.3, -0.25) is 4.90 Å². The number of likely N-dealkylation sites (tertiary alicyclic amines) is 1. The summed E-state index contributed by atoms with van der Waals surface area (Å²) >= 11 is 0.